The zero-order chi connectivity index (χ0) is 16.6. The van der Waals surface area contributed by atoms with E-state index in [1.54, 1.807) is 7.11 Å². The van der Waals surface area contributed by atoms with E-state index in [2.05, 4.69) is 10.6 Å². The number of alkyl carbamates (subject to hydrolysis) is 1. The number of ether oxygens (including phenoxy) is 2. The first kappa shape index (κ1) is 19.2. The van der Waals surface area contributed by atoms with Crippen LogP contribution in [0.15, 0.2) is 0 Å². The van der Waals surface area contributed by atoms with Gasteiger partial charge in [0.1, 0.15) is 5.60 Å². The second kappa shape index (κ2) is 9.33. The molecule has 22 heavy (non-hydrogen) atoms. The molecule has 0 heterocycles. The number of aliphatic hydroxyl groups excluding tert-OH is 1. The summed E-state index contributed by atoms with van der Waals surface area (Å²) in [5.41, 5.74) is -0.477. The van der Waals surface area contributed by atoms with Crippen LogP contribution < -0.4 is 10.6 Å². The molecule has 0 aliphatic heterocycles. The van der Waals surface area contributed by atoms with Crippen LogP contribution in [0.5, 0.6) is 0 Å². The number of carbonyl (C=O) groups excluding carboxylic acids is 1. The minimum absolute atomic E-state index is 0.0521. The molecule has 0 aromatic heterocycles. The fourth-order valence-corrected chi connectivity index (χ4v) is 2.86. The monoisotopic (exact) mass is 316 g/mol. The van der Waals surface area contributed by atoms with Crippen LogP contribution in [0, 0.1) is 5.92 Å². The van der Waals surface area contributed by atoms with E-state index in [4.69, 9.17) is 9.47 Å². The third-order valence-corrected chi connectivity index (χ3v) is 3.85. The van der Waals surface area contributed by atoms with Crippen molar-refractivity contribution in [3.8, 4) is 0 Å². The number of carbonyl (C=O) groups is 1. The molecule has 0 spiro atoms. The largest absolute Gasteiger partial charge is 0.444 e. The molecule has 0 saturated heterocycles. The lowest BCUT2D eigenvalue weighted by atomic mass is 9.84. The molecule has 1 aliphatic rings. The van der Waals surface area contributed by atoms with Gasteiger partial charge >= 0.3 is 6.09 Å². The molecule has 3 unspecified atom stereocenters. The quantitative estimate of drug-likeness (QED) is 0.666. The normalized spacial score (nSPS) is 23.9. The summed E-state index contributed by atoms with van der Waals surface area (Å²) in [5.74, 6) is 0.354. The third kappa shape index (κ3) is 7.42. The Morgan fingerprint density at radius 3 is 2.59 bits per heavy atom. The molecule has 1 rings (SSSR count). The molecule has 0 bridgehead atoms. The molecule has 0 aromatic rings. The van der Waals surface area contributed by atoms with Crippen molar-refractivity contribution in [2.45, 2.75) is 64.1 Å². The molecule has 1 amide bonds. The van der Waals surface area contributed by atoms with Crippen LogP contribution in [0.1, 0.15) is 46.5 Å². The SMILES string of the molecule is COCC(CO)NC1CCCCC1CNC(=O)OC(C)(C)C. The Morgan fingerprint density at radius 2 is 2.00 bits per heavy atom. The van der Waals surface area contributed by atoms with Gasteiger partial charge in [-0.25, -0.2) is 4.79 Å². The van der Waals surface area contributed by atoms with Crippen molar-refractivity contribution >= 4 is 6.09 Å². The molecule has 1 saturated carbocycles. The van der Waals surface area contributed by atoms with E-state index in [-0.39, 0.29) is 24.8 Å². The van der Waals surface area contributed by atoms with Crippen molar-refractivity contribution in [1.82, 2.24) is 10.6 Å². The van der Waals surface area contributed by atoms with Gasteiger partial charge in [0.15, 0.2) is 0 Å². The standard InChI is InChI=1S/C16H32N2O4/c1-16(2,3)22-15(20)17-9-12-7-5-6-8-14(12)18-13(10-19)11-21-4/h12-14,18-19H,5-11H2,1-4H3,(H,17,20). The van der Waals surface area contributed by atoms with Gasteiger partial charge in [0.2, 0.25) is 0 Å². The van der Waals surface area contributed by atoms with Crippen molar-refractivity contribution in [1.29, 1.82) is 0 Å². The van der Waals surface area contributed by atoms with Crippen molar-refractivity contribution in [2.75, 3.05) is 26.9 Å². The number of hydrogen-bond acceptors (Lipinski definition) is 5. The number of hydrogen-bond donors (Lipinski definition) is 3. The molecular weight excluding hydrogens is 284 g/mol. The van der Waals surface area contributed by atoms with Crippen LogP contribution in [-0.2, 0) is 9.47 Å². The van der Waals surface area contributed by atoms with Gasteiger partial charge in [-0.3, -0.25) is 0 Å². The maximum atomic E-state index is 11.8. The smallest absolute Gasteiger partial charge is 0.407 e. The minimum Gasteiger partial charge on any atom is -0.444 e. The average molecular weight is 316 g/mol. The van der Waals surface area contributed by atoms with E-state index in [0.29, 0.717) is 19.1 Å². The number of aliphatic hydroxyl groups is 1. The number of amides is 1. The van der Waals surface area contributed by atoms with Gasteiger partial charge in [-0.15, -0.1) is 0 Å². The van der Waals surface area contributed by atoms with Crippen LogP contribution in [0.2, 0.25) is 0 Å². The lowest BCUT2D eigenvalue weighted by molar-refractivity contribution is 0.0505. The second-order valence-electron chi connectivity index (χ2n) is 7.04. The molecule has 130 valence electrons. The van der Waals surface area contributed by atoms with Crippen LogP contribution in [0.3, 0.4) is 0 Å². The van der Waals surface area contributed by atoms with Gasteiger partial charge in [0.25, 0.3) is 0 Å². The highest BCUT2D eigenvalue weighted by Crippen LogP contribution is 2.24. The average Bonchev–Trinajstić information content (AvgIpc) is 2.44. The fourth-order valence-electron chi connectivity index (χ4n) is 2.86. The Labute approximate surface area is 133 Å². The van der Waals surface area contributed by atoms with E-state index in [9.17, 15) is 9.90 Å². The molecular formula is C16H32N2O4. The van der Waals surface area contributed by atoms with Crippen LogP contribution in [-0.4, -0.2) is 55.8 Å². The summed E-state index contributed by atoms with van der Waals surface area (Å²) >= 11 is 0. The Kier molecular flexibility index (Phi) is 8.14. The molecule has 0 aromatic carbocycles. The zero-order valence-corrected chi connectivity index (χ0v) is 14.4. The zero-order valence-electron chi connectivity index (χ0n) is 14.4. The molecule has 3 atom stereocenters. The Morgan fingerprint density at radius 1 is 1.32 bits per heavy atom. The van der Waals surface area contributed by atoms with Gasteiger partial charge in [0, 0.05) is 19.7 Å². The second-order valence-corrected chi connectivity index (χ2v) is 7.04. The van der Waals surface area contributed by atoms with E-state index >= 15 is 0 Å². The summed E-state index contributed by atoms with van der Waals surface area (Å²) in [7, 11) is 1.63. The van der Waals surface area contributed by atoms with Gasteiger partial charge in [-0.1, -0.05) is 12.8 Å². The molecule has 6 heteroatoms. The molecule has 3 N–H and O–H groups in total. The van der Waals surface area contributed by atoms with E-state index in [1.807, 2.05) is 20.8 Å². The summed E-state index contributed by atoms with van der Waals surface area (Å²) < 4.78 is 10.4. The van der Waals surface area contributed by atoms with Crippen LogP contribution in [0.25, 0.3) is 0 Å². The highest BCUT2D eigenvalue weighted by Gasteiger charge is 2.28. The Balaban J connectivity index is 2.46. The van der Waals surface area contributed by atoms with Gasteiger partial charge < -0.3 is 25.2 Å². The highest BCUT2D eigenvalue weighted by atomic mass is 16.6. The Bertz CT molecular complexity index is 331. The summed E-state index contributed by atoms with van der Waals surface area (Å²) in [6, 6.07) is 0.230. The number of rotatable bonds is 7. The topological polar surface area (TPSA) is 79.8 Å². The third-order valence-electron chi connectivity index (χ3n) is 3.85. The first-order chi connectivity index (χ1) is 10.4. The summed E-state index contributed by atoms with van der Waals surface area (Å²) in [6.45, 7) is 6.70. The van der Waals surface area contributed by atoms with Crippen LogP contribution >= 0.6 is 0 Å². The molecule has 1 aliphatic carbocycles. The summed E-state index contributed by atoms with van der Waals surface area (Å²) in [6.07, 6.45) is 4.10. The molecule has 1 fully saturated rings. The van der Waals surface area contributed by atoms with Crippen LogP contribution in [0.4, 0.5) is 4.79 Å². The van der Waals surface area contributed by atoms with Crippen molar-refractivity contribution < 1.29 is 19.4 Å². The number of methoxy groups -OCH3 is 1. The maximum Gasteiger partial charge on any atom is 0.407 e. The van der Waals surface area contributed by atoms with Gasteiger partial charge in [-0.05, 0) is 39.5 Å². The van der Waals surface area contributed by atoms with Crippen molar-refractivity contribution in [3.05, 3.63) is 0 Å². The Hall–Kier alpha value is -0.850. The minimum atomic E-state index is -0.477. The van der Waals surface area contributed by atoms with Crippen molar-refractivity contribution in [2.24, 2.45) is 5.92 Å². The first-order valence-electron chi connectivity index (χ1n) is 8.18. The lowest BCUT2D eigenvalue weighted by Crippen LogP contribution is -2.50. The highest BCUT2D eigenvalue weighted by molar-refractivity contribution is 5.67. The van der Waals surface area contributed by atoms with Crippen molar-refractivity contribution in [3.63, 3.8) is 0 Å². The lowest BCUT2D eigenvalue weighted by Gasteiger charge is -2.35. The molecule has 6 nitrogen and oxygen atoms in total. The first-order valence-corrected chi connectivity index (χ1v) is 8.18. The van der Waals surface area contributed by atoms with Gasteiger partial charge in [-0.2, -0.15) is 0 Å². The van der Waals surface area contributed by atoms with E-state index in [0.717, 1.165) is 12.8 Å². The summed E-state index contributed by atoms with van der Waals surface area (Å²) in [4.78, 5) is 11.8. The predicted molar refractivity (Wildman–Crippen MR) is 85.9 cm³/mol. The van der Waals surface area contributed by atoms with E-state index < -0.39 is 5.60 Å². The summed E-state index contributed by atoms with van der Waals surface area (Å²) in [5, 5.41) is 15.7. The molecule has 0 radical (unpaired) electrons. The van der Waals surface area contributed by atoms with E-state index in [1.165, 1.54) is 12.8 Å². The predicted octanol–water partition coefficient (Wildman–Crippen LogP) is 1.67. The van der Waals surface area contributed by atoms with Gasteiger partial charge in [0.05, 0.1) is 19.3 Å². The fraction of sp³-hybridized carbons (Fsp3) is 0.938. The maximum absolute atomic E-state index is 11.8. The number of nitrogens with one attached hydrogen (secondary N) is 2.